The van der Waals surface area contributed by atoms with Gasteiger partial charge in [0.25, 0.3) is 0 Å². The van der Waals surface area contributed by atoms with Crippen LogP contribution in [0.1, 0.15) is 6.92 Å². The van der Waals surface area contributed by atoms with Crippen LogP contribution in [0.15, 0.2) is 78.9 Å². The Labute approximate surface area is 168 Å². The largest absolute Gasteiger partial charge is 0.457 e. The normalized spacial score (nSPS) is 10.2. The van der Waals surface area contributed by atoms with Crippen LogP contribution < -0.4 is 15.0 Å². The maximum Gasteiger partial charge on any atom is 0.244 e. The van der Waals surface area contributed by atoms with Gasteiger partial charge in [0.05, 0.1) is 0 Å². The zero-order valence-corrected chi connectivity index (χ0v) is 16.0. The molecule has 3 rings (SSSR count). The lowest BCUT2D eigenvalue weighted by Crippen LogP contribution is -2.36. The number of hydrogen-bond acceptors (Lipinski definition) is 3. The average Bonchev–Trinajstić information content (AvgIpc) is 2.67. The zero-order valence-electron chi connectivity index (χ0n) is 15.3. The number of nitrogens with one attached hydrogen (secondary N) is 1. The van der Waals surface area contributed by atoms with Gasteiger partial charge >= 0.3 is 0 Å². The Hall–Kier alpha value is -3.31. The van der Waals surface area contributed by atoms with Crippen LogP contribution in [0.5, 0.6) is 11.5 Å². The van der Waals surface area contributed by atoms with Crippen LogP contribution in [0.4, 0.5) is 11.4 Å². The van der Waals surface area contributed by atoms with E-state index in [1.807, 2.05) is 30.3 Å². The second-order valence-electron chi connectivity index (χ2n) is 6.07. The fraction of sp³-hybridized carbons (Fsp3) is 0.0909. The van der Waals surface area contributed by atoms with Crippen molar-refractivity contribution in [1.82, 2.24) is 0 Å². The Kier molecular flexibility index (Phi) is 6.29. The first kappa shape index (κ1) is 19.5. The van der Waals surface area contributed by atoms with Crippen molar-refractivity contribution in [2.45, 2.75) is 6.92 Å². The number of carbonyl (C=O) groups is 2. The van der Waals surface area contributed by atoms with E-state index in [2.05, 4.69) is 5.32 Å². The van der Waals surface area contributed by atoms with Crippen LogP contribution >= 0.6 is 11.6 Å². The minimum atomic E-state index is -0.318. The molecule has 0 bridgehead atoms. The summed E-state index contributed by atoms with van der Waals surface area (Å²) in [5.41, 5.74) is 1.18. The number of para-hydroxylation sites is 1. The first-order valence-corrected chi connectivity index (χ1v) is 9.05. The molecular weight excluding hydrogens is 376 g/mol. The van der Waals surface area contributed by atoms with Crippen molar-refractivity contribution in [2.24, 2.45) is 0 Å². The number of halogens is 1. The smallest absolute Gasteiger partial charge is 0.244 e. The van der Waals surface area contributed by atoms with E-state index in [1.54, 1.807) is 48.5 Å². The summed E-state index contributed by atoms with van der Waals surface area (Å²) in [5, 5.41) is 3.26. The molecule has 0 unspecified atom stereocenters. The highest BCUT2D eigenvalue weighted by Crippen LogP contribution is 2.24. The summed E-state index contributed by atoms with van der Waals surface area (Å²) in [6.07, 6.45) is 0. The van der Waals surface area contributed by atoms with Crippen LogP contribution in [-0.2, 0) is 9.59 Å². The van der Waals surface area contributed by atoms with Crippen LogP contribution in [-0.4, -0.2) is 18.4 Å². The number of carbonyl (C=O) groups excluding carboxylic acids is 2. The lowest BCUT2D eigenvalue weighted by Gasteiger charge is -2.21. The molecule has 3 aromatic rings. The van der Waals surface area contributed by atoms with Gasteiger partial charge < -0.3 is 15.0 Å². The Balaban J connectivity index is 1.67. The molecule has 0 atom stereocenters. The molecular formula is C22H19ClN2O3. The van der Waals surface area contributed by atoms with E-state index in [1.165, 1.54) is 11.8 Å². The van der Waals surface area contributed by atoms with Gasteiger partial charge in [-0.05, 0) is 54.6 Å². The summed E-state index contributed by atoms with van der Waals surface area (Å²) in [6.45, 7) is 1.31. The second-order valence-corrected chi connectivity index (χ2v) is 6.51. The first-order valence-electron chi connectivity index (χ1n) is 8.68. The van der Waals surface area contributed by atoms with E-state index >= 15 is 0 Å². The third kappa shape index (κ3) is 5.34. The van der Waals surface area contributed by atoms with Crippen molar-refractivity contribution in [1.29, 1.82) is 0 Å². The number of amides is 2. The summed E-state index contributed by atoms with van der Waals surface area (Å²) >= 11 is 5.93. The average molecular weight is 395 g/mol. The summed E-state index contributed by atoms with van der Waals surface area (Å²) < 4.78 is 5.75. The van der Waals surface area contributed by atoms with E-state index in [0.717, 1.165) is 5.75 Å². The highest BCUT2D eigenvalue weighted by molar-refractivity contribution is 6.30. The minimum absolute atomic E-state index is 0.110. The molecule has 0 saturated heterocycles. The van der Waals surface area contributed by atoms with Gasteiger partial charge in [-0.2, -0.15) is 0 Å². The summed E-state index contributed by atoms with van der Waals surface area (Å²) in [7, 11) is 0. The minimum Gasteiger partial charge on any atom is -0.457 e. The Morgan fingerprint density at radius 3 is 2.25 bits per heavy atom. The Morgan fingerprint density at radius 2 is 1.61 bits per heavy atom. The van der Waals surface area contributed by atoms with E-state index < -0.39 is 0 Å². The molecule has 5 nitrogen and oxygen atoms in total. The Bertz CT molecular complexity index is 959. The molecule has 0 aliphatic rings. The van der Waals surface area contributed by atoms with Gasteiger partial charge in [0.2, 0.25) is 11.8 Å². The van der Waals surface area contributed by atoms with Crippen molar-refractivity contribution in [2.75, 3.05) is 16.8 Å². The van der Waals surface area contributed by atoms with E-state index in [0.29, 0.717) is 22.1 Å². The molecule has 0 saturated carbocycles. The fourth-order valence-corrected chi connectivity index (χ4v) is 2.80. The van der Waals surface area contributed by atoms with E-state index in [9.17, 15) is 9.59 Å². The zero-order chi connectivity index (χ0) is 19.9. The molecule has 142 valence electrons. The standard InChI is InChI=1S/C22H19ClN2O3/c1-16(26)25(15-22(27)24-18-7-5-6-17(23)14-18)19-10-12-21(13-11-19)28-20-8-3-2-4-9-20/h2-14H,15H2,1H3,(H,24,27). The topological polar surface area (TPSA) is 58.6 Å². The van der Waals surface area contributed by atoms with Gasteiger partial charge in [0.15, 0.2) is 0 Å². The summed E-state index contributed by atoms with van der Waals surface area (Å²) in [6, 6.07) is 23.2. The lowest BCUT2D eigenvalue weighted by molar-refractivity contribution is -0.120. The van der Waals surface area contributed by atoms with Gasteiger partial charge in [-0.3, -0.25) is 9.59 Å². The number of nitrogens with zero attached hydrogens (tertiary/aromatic N) is 1. The molecule has 1 N–H and O–H groups in total. The predicted octanol–water partition coefficient (Wildman–Crippen LogP) is 5.12. The number of benzene rings is 3. The van der Waals surface area contributed by atoms with E-state index in [4.69, 9.17) is 16.3 Å². The maximum atomic E-state index is 12.3. The third-order valence-corrected chi connectivity index (χ3v) is 4.15. The second kappa shape index (κ2) is 9.06. The number of ether oxygens (including phenoxy) is 1. The van der Waals surface area contributed by atoms with Crippen molar-refractivity contribution < 1.29 is 14.3 Å². The quantitative estimate of drug-likeness (QED) is 0.631. The van der Waals surface area contributed by atoms with Crippen molar-refractivity contribution in [3.05, 3.63) is 83.9 Å². The summed E-state index contributed by atoms with van der Waals surface area (Å²) in [5.74, 6) is 0.807. The Morgan fingerprint density at radius 1 is 0.929 bits per heavy atom. The third-order valence-electron chi connectivity index (χ3n) is 3.92. The van der Waals surface area contributed by atoms with Gasteiger partial charge in [-0.25, -0.2) is 0 Å². The molecule has 6 heteroatoms. The number of hydrogen-bond donors (Lipinski definition) is 1. The van der Waals surface area contributed by atoms with E-state index in [-0.39, 0.29) is 18.4 Å². The highest BCUT2D eigenvalue weighted by atomic mass is 35.5. The van der Waals surface area contributed by atoms with Crippen molar-refractivity contribution in [3.63, 3.8) is 0 Å². The van der Waals surface area contributed by atoms with Crippen LogP contribution in [0.2, 0.25) is 5.02 Å². The SMILES string of the molecule is CC(=O)N(CC(=O)Nc1cccc(Cl)c1)c1ccc(Oc2ccccc2)cc1. The fourth-order valence-electron chi connectivity index (χ4n) is 2.61. The highest BCUT2D eigenvalue weighted by Gasteiger charge is 2.16. The molecule has 0 aromatic heterocycles. The van der Waals surface area contributed by atoms with Crippen LogP contribution in [0, 0.1) is 0 Å². The van der Waals surface area contributed by atoms with Crippen molar-refractivity contribution >= 4 is 34.8 Å². The van der Waals surface area contributed by atoms with Crippen LogP contribution in [0.3, 0.4) is 0 Å². The molecule has 3 aromatic carbocycles. The molecule has 0 aliphatic carbocycles. The molecule has 0 radical (unpaired) electrons. The molecule has 0 fully saturated rings. The van der Waals surface area contributed by atoms with Gasteiger partial charge in [-0.15, -0.1) is 0 Å². The predicted molar refractivity (Wildman–Crippen MR) is 111 cm³/mol. The number of rotatable bonds is 6. The van der Waals surface area contributed by atoms with Gasteiger partial charge in [-0.1, -0.05) is 35.9 Å². The first-order chi connectivity index (χ1) is 13.5. The van der Waals surface area contributed by atoms with Gasteiger partial charge in [0, 0.05) is 23.3 Å². The van der Waals surface area contributed by atoms with Crippen molar-refractivity contribution in [3.8, 4) is 11.5 Å². The molecule has 0 spiro atoms. The molecule has 28 heavy (non-hydrogen) atoms. The lowest BCUT2D eigenvalue weighted by atomic mass is 10.2. The van der Waals surface area contributed by atoms with Gasteiger partial charge in [0.1, 0.15) is 18.0 Å². The van der Waals surface area contributed by atoms with Crippen LogP contribution in [0.25, 0.3) is 0 Å². The molecule has 2 amide bonds. The monoisotopic (exact) mass is 394 g/mol. The molecule has 0 aliphatic heterocycles. The number of anilines is 2. The maximum absolute atomic E-state index is 12.3. The molecule has 0 heterocycles. The summed E-state index contributed by atoms with van der Waals surface area (Å²) in [4.78, 5) is 25.8.